The molecule has 0 saturated carbocycles. The fourth-order valence-electron chi connectivity index (χ4n) is 2.15. The number of aromatic hydroxyl groups is 2. The second kappa shape index (κ2) is 8.97. The van der Waals surface area contributed by atoms with Crippen LogP contribution in [0.1, 0.15) is 11.1 Å². The van der Waals surface area contributed by atoms with Gasteiger partial charge in [0.2, 0.25) is 0 Å². The summed E-state index contributed by atoms with van der Waals surface area (Å²) in [5.41, 5.74) is 2.62. The van der Waals surface area contributed by atoms with Gasteiger partial charge in [0.05, 0.1) is 11.4 Å². The van der Waals surface area contributed by atoms with Crippen LogP contribution >= 0.6 is 0 Å². The van der Waals surface area contributed by atoms with Crippen LogP contribution < -0.4 is 0 Å². The number of aliphatic imine (C=N–C) groups is 2. The topological polar surface area (TPSA) is 65.2 Å². The summed E-state index contributed by atoms with van der Waals surface area (Å²) in [6.45, 7) is 0. The van der Waals surface area contributed by atoms with Gasteiger partial charge < -0.3 is 10.2 Å². The Kier molecular flexibility index (Phi) is 6.69. The second-order valence-electron chi connectivity index (χ2n) is 5.12. The molecule has 0 saturated heterocycles. The average molecular weight is 364 g/mol. The molecule has 0 spiro atoms. The smallest absolute Gasteiger partial charge is 0.124 e. The summed E-state index contributed by atoms with van der Waals surface area (Å²) in [7, 11) is 0. The van der Waals surface area contributed by atoms with Gasteiger partial charge in [0, 0.05) is 45.3 Å². The maximum absolute atomic E-state index is 9.79. The zero-order valence-electron chi connectivity index (χ0n) is 13.4. The van der Waals surface area contributed by atoms with Gasteiger partial charge in [-0.2, -0.15) is 0 Å². The minimum absolute atomic E-state index is 0. The third-order valence-corrected chi connectivity index (χ3v) is 3.44. The van der Waals surface area contributed by atoms with Gasteiger partial charge in [-0.05, 0) is 36.4 Å². The molecule has 0 aliphatic rings. The predicted molar refractivity (Wildman–Crippen MR) is 97.2 cm³/mol. The zero-order chi connectivity index (χ0) is 16.8. The molecule has 0 aliphatic heterocycles. The SMILES string of the molecule is Oc1ccccc1C=Nc1ccccc1N=Cc1ccccc1O.[Ti]. The summed E-state index contributed by atoms with van der Waals surface area (Å²) in [6, 6.07) is 21.4. The quantitative estimate of drug-likeness (QED) is 0.525. The minimum atomic E-state index is 0. The van der Waals surface area contributed by atoms with E-state index >= 15 is 0 Å². The first-order valence-electron chi connectivity index (χ1n) is 7.47. The van der Waals surface area contributed by atoms with Crippen LogP contribution in [0.15, 0.2) is 82.8 Å². The Labute approximate surface area is 161 Å². The Morgan fingerprint density at radius 1 is 0.560 bits per heavy atom. The number of benzene rings is 3. The van der Waals surface area contributed by atoms with E-state index in [1.807, 2.05) is 36.4 Å². The molecule has 3 rings (SSSR count). The summed E-state index contributed by atoms with van der Waals surface area (Å²) in [5.74, 6) is 0.355. The van der Waals surface area contributed by atoms with Crippen LogP contribution in [0.5, 0.6) is 11.5 Å². The first kappa shape index (κ1) is 18.7. The van der Waals surface area contributed by atoms with Gasteiger partial charge in [-0.3, -0.25) is 9.98 Å². The molecule has 0 aliphatic carbocycles. The number of phenols is 2. The molecule has 0 fully saturated rings. The van der Waals surface area contributed by atoms with Gasteiger partial charge in [-0.25, -0.2) is 0 Å². The van der Waals surface area contributed by atoms with E-state index in [9.17, 15) is 10.2 Å². The van der Waals surface area contributed by atoms with Crippen LogP contribution in [0.2, 0.25) is 0 Å². The Bertz CT molecular complexity index is 833. The normalized spacial score (nSPS) is 10.9. The number of rotatable bonds is 4. The molecule has 122 valence electrons. The molecule has 2 N–H and O–H groups in total. The first-order valence-corrected chi connectivity index (χ1v) is 7.47. The number of nitrogens with zero attached hydrogens (tertiary/aromatic N) is 2. The fraction of sp³-hybridized carbons (Fsp3) is 0. The van der Waals surface area contributed by atoms with E-state index < -0.39 is 0 Å². The summed E-state index contributed by atoms with van der Waals surface area (Å²) in [4.78, 5) is 8.82. The van der Waals surface area contributed by atoms with Gasteiger partial charge in [-0.15, -0.1) is 0 Å². The van der Waals surface area contributed by atoms with Gasteiger partial charge in [0.1, 0.15) is 11.5 Å². The molecule has 0 aromatic heterocycles. The molecule has 0 amide bonds. The summed E-state index contributed by atoms with van der Waals surface area (Å²) >= 11 is 0. The van der Waals surface area contributed by atoms with E-state index in [0.29, 0.717) is 22.5 Å². The van der Waals surface area contributed by atoms with Gasteiger partial charge >= 0.3 is 0 Å². The molecule has 0 bridgehead atoms. The van der Waals surface area contributed by atoms with Gasteiger partial charge in [-0.1, -0.05) is 36.4 Å². The number of para-hydroxylation sites is 4. The third kappa shape index (κ3) is 4.89. The molecule has 4 nitrogen and oxygen atoms in total. The first-order chi connectivity index (χ1) is 11.7. The molecule has 0 radical (unpaired) electrons. The molecule has 5 heteroatoms. The molecular weight excluding hydrogens is 348 g/mol. The summed E-state index contributed by atoms with van der Waals surface area (Å²) in [6.07, 6.45) is 3.20. The maximum atomic E-state index is 9.79. The van der Waals surface area contributed by atoms with Crippen LogP contribution in [-0.2, 0) is 21.7 Å². The van der Waals surface area contributed by atoms with Crippen molar-refractivity contribution in [2.45, 2.75) is 0 Å². The molecule has 0 unspecified atom stereocenters. The van der Waals surface area contributed by atoms with Crippen molar-refractivity contribution in [2.75, 3.05) is 0 Å². The number of hydrogen-bond donors (Lipinski definition) is 2. The predicted octanol–water partition coefficient (Wildman–Crippen LogP) is 4.60. The van der Waals surface area contributed by atoms with Crippen LogP contribution in [0, 0.1) is 0 Å². The van der Waals surface area contributed by atoms with E-state index in [4.69, 9.17) is 0 Å². The number of hydrogen-bond acceptors (Lipinski definition) is 4. The van der Waals surface area contributed by atoms with E-state index in [2.05, 4.69) is 9.98 Å². The Balaban J connectivity index is 0.00000225. The van der Waals surface area contributed by atoms with E-state index in [-0.39, 0.29) is 33.2 Å². The van der Waals surface area contributed by atoms with Crippen molar-refractivity contribution in [1.82, 2.24) is 0 Å². The summed E-state index contributed by atoms with van der Waals surface area (Å²) < 4.78 is 0. The van der Waals surface area contributed by atoms with Crippen molar-refractivity contribution in [1.29, 1.82) is 0 Å². The molecule has 3 aromatic carbocycles. The van der Waals surface area contributed by atoms with Gasteiger partial charge in [0.25, 0.3) is 0 Å². The summed E-state index contributed by atoms with van der Waals surface area (Å²) in [5, 5.41) is 19.6. The fourth-order valence-corrected chi connectivity index (χ4v) is 2.15. The van der Waals surface area contributed by atoms with Crippen LogP contribution in [0.4, 0.5) is 11.4 Å². The standard InChI is InChI=1S/C20H16N2O2.Ti/c23-19-11-5-1-7-15(19)13-21-17-9-3-4-10-18(17)22-14-16-8-2-6-12-20(16)24;/h1-14,23-24H;. The maximum Gasteiger partial charge on any atom is 0.124 e. The van der Waals surface area contributed by atoms with Crippen LogP contribution in [0.25, 0.3) is 0 Å². The van der Waals surface area contributed by atoms with Crippen molar-refractivity contribution in [3.05, 3.63) is 83.9 Å². The van der Waals surface area contributed by atoms with E-state index in [1.54, 1.807) is 48.8 Å². The zero-order valence-corrected chi connectivity index (χ0v) is 14.9. The van der Waals surface area contributed by atoms with E-state index in [1.165, 1.54) is 0 Å². The van der Waals surface area contributed by atoms with Crippen LogP contribution in [-0.4, -0.2) is 22.6 Å². The molecule has 25 heavy (non-hydrogen) atoms. The Hall–Kier alpha value is -2.69. The van der Waals surface area contributed by atoms with Crippen molar-refractivity contribution in [2.24, 2.45) is 9.98 Å². The monoisotopic (exact) mass is 364 g/mol. The van der Waals surface area contributed by atoms with Crippen molar-refractivity contribution in [3.8, 4) is 11.5 Å². The largest absolute Gasteiger partial charge is 0.507 e. The minimum Gasteiger partial charge on any atom is -0.507 e. The van der Waals surface area contributed by atoms with Crippen molar-refractivity contribution in [3.63, 3.8) is 0 Å². The van der Waals surface area contributed by atoms with Gasteiger partial charge in [0.15, 0.2) is 0 Å². The molecular formula is C20H16N2O2Ti. The average Bonchev–Trinajstić information content (AvgIpc) is 2.61. The van der Waals surface area contributed by atoms with Crippen molar-refractivity contribution >= 4 is 23.8 Å². The van der Waals surface area contributed by atoms with E-state index in [0.717, 1.165) is 0 Å². The molecule has 0 atom stereocenters. The molecule has 3 aromatic rings. The molecule has 0 heterocycles. The van der Waals surface area contributed by atoms with Crippen molar-refractivity contribution < 1.29 is 31.9 Å². The van der Waals surface area contributed by atoms with Crippen LogP contribution in [0.3, 0.4) is 0 Å². The second-order valence-corrected chi connectivity index (χ2v) is 5.12. The Morgan fingerprint density at radius 2 is 0.920 bits per heavy atom. The third-order valence-electron chi connectivity index (χ3n) is 3.44. The number of phenolic OH excluding ortho intramolecular Hbond substituents is 2. The Morgan fingerprint density at radius 3 is 1.32 bits per heavy atom.